The minimum Gasteiger partial charge on any atom is -0.354 e. The van der Waals surface area contributed by atoms with Crippen LogP contribution in [0, 0.1) is 5.41 Å². The highest BCUT2D eigenvalue weighted by atomic mass is 32.2. The van der Waals surface area contributed by atoms with Crippen molar-refractivity contribution >= 4 is 15.9 Å². The highest BCUT2D eigenvalue weighted by molar-refractivity contribution is 7.89. The molecule has 156 valence electrons. The quantitative estimate of drug-likeness (QED) is 0.744. The average Bonchev–Trinajstić information content (AvgIpc) is 2.68. The van der Waals surface area contributed by atoms with Gasteiger partial charge in [0.1, 0.15) is 0 Å². The third-order valence-corrected chi connectivity index (χ3v) is 9.16. The van der Waals surface area contributed by atoms with Gasteiger partial charge in [0.25, 0.3) is 0 Å². The molecule has 1 N–H and O–H groups in total. The monoisotopic (exact) mass is 399 g/mol. The summed E-state index contributed by atoms with van der Waals surface area (Å²) in [5, 5.41) is 3.18. The molecule has 1 heterocycles. The van der Waals surface area contributed by atoms with E-state index in [9.17, 15) is 13.2 Å². The van der Waals surface area contributed by atoms with E-state index < -0.39 is 15.4 Å². The Morgan fingerprint density at radius 2 is 1.81 bits per heavy atom. The van der Waals surface area contributed by atoms with Crippen molar-refractivity contribution < 1.29 is 13.2 Å². The number of likely N-dealkylation sites (N-methyl/N-ethyl adjacent to an activating group) is 1. The molecule has 3 aliphatic rings. The van der Waals surface area contributed by atoms with Gasteiger partial charge in [-0.3, -0.25) is 4.79 Å². The highest BCUT2D eigenvalue weighted by Gasteiger charge is 2.54. The molecule has 27 heavy (non-hydrogen) atoms. The third kappa shape index (κ3) is 4.35. The van der Waals surface area contributed by atoms with E-state index in [4.69, 9.17) is 0 Å². The van der Waals surface area contributed by atoms with Gasteiger partial charge in [0, 0.05) is 31.7 Å². The summed E-state index contributed by atoms with van der Waals surface area (Å²) in [7, 11) is -1.06. The summed E-state index contributed by atoms with van der Waals surface area (Å²) < 4.78 is 26.6. The molecule has 0 aromatic heterocycles. The number of nitrogens with one attached hydrogen (secondary N) is 1. The topological polar surface area (TPSA) is 69.7 Å². The van der Waals surface area contributed by atoms with Crippen LogP contribution >= 0.6 is 0 Å². The molecule has 3 fully saturated rings. The Kier molecular flexibility index (Phi) is 6.85. The van der Waals surface area contributed by atoms with Crippen LogP contribution in [0.25, 0.3) is 0 Å². The second-order valence-electron chi connectivity index (χ2n) is 8.72. The molecule has 0 radical (unpaired) electrons. The Hall–Kier alpha value is -0.660. The lowest BCUT2D eigenvalue weighted by atomic mass is 9.67. The lowest BCUT2D eigenvalue weighted by molar-refractivity contribution is -0.137. The number of hydrogen-bond donors (Lipinski definition) is 1. The van der Waals surface area contributed by atoms with Crippen LogP contribution < -0.4 is 5.32 Å². The van der Waals surface area contributed by atoms with Crippen LogP contribution in [0.3, 0.4) is 0 Å². The summed E-state index contributed by atoms with van der Waals surface area (Å²) >= 11 is 0. The molecular formula is C20H37N3O3S. The minimum atomic E-state index is -3.22. The van der Waals surface area contributed by atoms with Crippen molar-refractivity contribution in [1.82, 2.24) is 14.5 Å². The van der Waals surface area contributed by atoms with Gasteiger partial charge in [0.2, 0.25) is 15.9 Å². The van der Waals surface area contributed by atoms with Crippen LogP contribution in [0.15, 0.2) is 0 Å². The summed E-state index contributed by atoms with van der Waals surface area (Å²) in [6.45, 7) is 3.87. The van der Waals surface area contributed by atoms with Crippen molar-refractivity contribution in [1.29, 1.82) is 0 Å². The van der Waals surface area contributed by atoms with Crippen LogP contribution in [0.2, 0.25) is 0 Å². The number of carbonyl (C=O) groups excluding carboxylic acids is 1. The fourth-order valence-electron chi connectivity index (χ4n) is 5.58. The van der Waals surface area contributed by atoms with Crippen molar-refractivity contribution in [2.24, 2.45) is 5.41 Å². The minimum absolute atomic E-state index is 0.0811. The smallest absolute Gasteiger partial charge is 0.227 e. The number of fused-ring (bicyclic) bond motifs is 1. The summed E-state index contributed by atoms with van der Waals surface area (Å²) in [4.78, 5) is 15.6. The van der Waals surface area contributed by atoms with E-state index in [1.165, 1.54) is 32.1 Å². The molecule has 7 heteroatoms. The van der Waals surface area contributed by atoms with Gasteiger partial charge < -0.3 is 10.2 Å². The summed E-state index contributed by atoms with van der Waals surface area (Å²) in [6.07, 6.45) is 10.6. The predicted molar refractivity (Wildman–Crippen MR) is 108 cm³/mol. The Labute approximate surface area is 165 Å². The molecule has 1 saturated heterocycles. The molecule has 0 bridgehead atoms. The van der Waals surface area contributed by atoms with E-state index in [-0.39, 0.29) is 17.7 Å². The fraction of sp³-hybridized carbons (Fsp3) is 0.950. The van der Waals surface area contributed by atoms with E-state index >= 15 is 0 Å². The van der Waals surface area contributed by atoms with E-state index in [1.54, 1.807) is 4.31 Å². The van der Waals surface area contributed by atoms with Crippen molar-refractivity contribution in [3.8, 4) is 0 Å². The Balaban J connectivity index is 1.61. The van der Waals surface area contributed by atoms with E-state index in [0.29, 0.717) is 25.6 Å². The molecule has 1 amide bonds. The lowest BCUT2D eigenvalue weighted by Crippen LogP contribution is -2.62. The number of sulfonamides is 1. The number of rotatable bonds is 6. The second kappa shape index (κ2) is 8.78. The normalized spacial score (nSPS) is 32.2. The van der Waals surface area contributed by atoms with E-state index in [1.807, 2.05) is 6.92 Å². The Bertz CT molecular complexity index is 618. The summed E-state index contributed by atoms with van der Waals surface area (Å²) in [5.41, 5.74) is -0.525. The maximum absolute atomic E-state index is 13.2. The zero-order valence-corrected chi connectivity index (χ0v) is 17.9. The molecule has 0 aromatic rings. The first-order valence-corrected chi connectivity index (χ1v) is 12.5. The van der Waals surface area contributed by atoms with Gasteiger partial charge in [0.15, 0.2) is 0 Å². The number of amides is 1. The van der Waals surface area contributed by atoms with Gasteiger partial charge in [-0.15, -0.1) is 0 Å². The maximum atomic E-state index is 13.2. The molecule has 0 unspecified atom stereocenters. The van der Waals surface area contributed by atoms with E-state index in [0.717, 1.165) is 32.2 Å². The number of nitrogens with zero attached hydrogens (tertiary/aromatic N) is 2. The SMILES string of the molecule is CCN1[C@@H]2CCCC[C@@]2(C(=O)NCCN(C)C2CCCCC2)CCS1(=O)=O. The van der Waals surface area contributed by atoms with Gasteiger partial charge >= 0.3 is 0 Å². The van der Waals surface area contributed by atoms with Crippen molar-refractivity contribution in [2.75, 3.05) is 32.4 Å². The Morgan fingerprint density at radius 1 is 1.11 bits per heavy atom. The second-order valence-corrected chi connectivity index (χ2v) is 10.8. The highest BCUT2D eigenvalue weighted by Crippen LogP contribution is 2.46. The molecule has 0 spiro atoms. The van der Waals surface area contributed by atoms with Crippen molar-refractivity contribution in [3.63, 3.8) is 0 Å². The summed E-state index contributed by atoms with van der Waals surface area (Å²) in [5.74, 6) is 0.185. The van der Waals surface area contributed by atoms with Crippen LogP contribution in [-0.4, -0.2) is 68.0 Å². The standard InChI is InChI=1S/C20H37N3O3S/c1-3-23-18-11-7-8-12-20(18,13-16-27(23,25)26)19(24)21-14-15-22(2)17-9-5-4-6-10-17/h17-18H,3-16H2,1-2H3,(H,21,24)/t18-,20-/m1/s1. The third-order valence-electron chi connectivity index (χ3n) is 7.21. The molecule has 2 aliphatic carbocycles. The summed E-state index contributed by atoms with van der Waals surface area (Å²) in [6, 6.07) is 0.484. The van der Waals surface area contributed by atoms with E-state index in [2.05, 4.69) is 17.3 Å². The molecular weight excluding hydrogens is 362 g/mol. The largest absolute Gasteiger partial charge is 0.354 e. The van der Waals surface area contributed by atoms with Crippen LogP contribution in [0.1, 0.15) is 71.1 Å². The molecule has 2 saturated carbocycles. The van der Waals surface area contributed by atoms with Crippen LogP contribution in [0.4, 0.5) is 0 Å². The van der Waals surface area contributed by atoms with Gasteiger partial charge in [-0.1, -0.05) is 39.0 Å². The predicted octanol–water partition coefficient (Wildman–Crippen LogP) is 2.35. The lowest BCUT2D eigenvalue weighted by Gasteiger charge is -2.50. The van der Waals surface area contributed by atoms with Crippen molar-refractivity contribution in [3.05, 3.63) is 0 Å². The molecule has 6 nitrogen and oxygen atoms in total. The first-order chi connectivity index (χ1) is 12.9. The fourth-order valence-corrected chi connectivity index (χ4v) is 7.52. The molecule has 1 aliphatic heterocycles. The van der Waals surface area contributed by atoms with Crippen LogP contribution in [-0.2, 0) is 14.8 Å². The molecule has 3 rings (SSSR count). The first-order valence-electron chi connectivity index (χ1n) is 10.9. The van der Waals surface area contributed by atoms with Gasteiger partial charge in [-0.05, 0) is 39.2 Å². The zero-order chi connectivity index (χ0) is 19.5. The van der Waals surface area contributed by atoms with Gasteiger partial charge in [-0.25, -0.2) is 8.42 Å². The van der Waals surface area contributed by atoms with Gasteiger partial charge in [0.05, 0.1) is 11.2 Å². The number of hydrogen-bond acceptors (Lipinski definition) is 4. The van der Waals surface area contributed by atoms with Gasteiger partial charge in [-0.2, -0.15) is 4.31 Å². The first kappa shape index (κ1) is 21.1. The molecule has 0 aromatic carbocycles. The average molecular weight is 400 g/mol. The maximum Gasteiger partial charge on any atom is 0.227 e. The van der Waals surface area contributed by atoms with Crippen LogP contribution in [0.5, 0.6) is 0 Å². The van der Waals surface area contributed by atoms with Crippen molar-refractivity contribution in [2.45, 2.75) is 83.2 Å². The number of carbonyl (C=O) groups is 1. The zero-order valence-electron chi connectivity index (χ0n) is 17.1. The Morgan fingerprint density at radius 3 is 2.52 bits per heavy atom. The molecule has 2 atom stereocenters.